The van der Waals surface area contributed by atoms with Crippen molar-refractivity contribution >= 4 is 28.9 Å². The van der Waals surface area contributed by atoms with Gasteiger partial charge in [0.2, 0.25) is 0 Å². The smallest absolute Gasteiger partial charge is 0.335 e. The van der Waals surface area contributed by atoms with Crippen LogP contribution >= 0.6 is 11.3 Å². The second-order valence-corrected chi connectivity index (χ2v) is 4.57. The molecule has 98 valence electrons. The molecule has 0 radical (unpaired) electrons. The number of methoxy groups -OCH3 is 1. The quantitative estimate of drug-likeness (QED) is 0.901. The lowest BCUT2D eigenvalue weighted by atomic mass is 10.2. The number of amides is 1. The summed E-state index contributed by atoms with van der Waals surface area (Å²) in [6.45, 7) is 0. The molecule has 1 heterocycles. The fourth-order valence-electron chi connectivity index (χ4n) is 1.54. The Morgan fingerprint density at radius 1 is 1.32 bits per heavy atom. The maximum atomic E-state index is 12.0. The van der Waals surface area contributed by atoms with E-state index < -0.39 is 5.97 Å². The maximum absolute atomic E-state index is 12.0. The monoisotopic (exact) mass is 277 g/mol. The molecule has 2 N–H and O–H groups in total. The number of carbonyl (C=O) groups excluding carboxylic acids is 1. The molecule has 0 aliphatic carbocycles. The zero-order valence-corrected chi connectivity index (χ0v) is 10.9. The highest BCUT2D eigenvalue weighted by molar-refractivity contribution is 7.12. The standard InChI is InChI=1S/C13H11NO4S/c1-18-10-5-6-19-11(10)12(15)14-9-4-2-3-8(7-9)13(16)17/h2-7H,1H3,(H,14,15)(H,16,17). The summed E-state index contributed by atoms with van der Waals surface area (Å²) in [5.41, 5.74) is 0.552. The van der Waals surface area contributed by atoms with Gasteiger partial charge in [-0.1, -0.05) is 6.07 Å². The molecule has 5 nitrogen and oxygen atoms in total. The molecule has 0 saturated carbocycles. The molecule has 0 fully saturated rings. The van der Waals surface area contributed by atoms with Gasteiger partial charge in [0.05, 0.1) is 12.7 Å². The number of anilines is 1. The maximum Gasteiger partial charge on any atom is 0.335 e. The van der Waals surface area contributed by atoms with E-state index in [1.165, 1.54) is 30.6 Å². The van der Waals surface area contributed by atoms with E-state index in [0.717, 1.165) is 0 Å². The van der Waals surface area contributed by atoms with Crippen molar-refractivity contribution in [3.05, 3.63) is 46.2 Å². The van der Waals surface area contributed by atoms with Gasteiger partial charge in [0, 0.05) is 5.69 Å². The van der Waals surface area contributed by atoms with Crippen LogP contribution in [0.1, 0.15) is 20.0 Å². The molecule has 0 unspecified atom stereocenters. The highest BCUT2D eigenvalue weighted by Crippen LogP contribution is 2.25. The first kappa shape index (κ1) is 13.1. The van der Waals surface area contributed by atoms with Crippen molar-refractivity contribution in [2.75, 3.05) is 12.4 Å². The number of aromatic carboxylic acids is 1. The number of carboxylic acid groups (broad SMARTS) is 1. The Hall–Kier alpha value is -2.34. The van der Waals surface area contributed by atoms with Crippen molar-refractivity contribution in [2.24, 2.45) is 0 Å². The second kappa shape index (κ2) is 5.53. The molecule has 2 aromatic rings. The molecule has 0 spiro atoms. The lowest BCUT2D eigenvalue weighted by Gasteiger charge is -2.06. The Balaban J connectivity index is 2.19. The van der Waals surface area contributed by atoms with Gasteiger partial charge in [-0.25, -0.2) is 4.79 Å². The summed E-state index contributed by atoms with van der Waals surface area (Å²) in [6, 6.07) is 7.77. The van der Waals surface area contributed by atoms with Crippen LogP contribution in [0.4, 0.5) is 5.69 Å². The highest BCUT2D eigenvalue weighted by atomic mass is 32.1. The predicted molar refractivity (Wildman–Crippen MR) is 72.2 cm³/mol. The Kier molecular flexibility index (Phi) is 3.82. The molecular weight excluding hydrogens is 266 g/mol. The number of ether oxygens (including phenoxy) is 1. The Bertz CT molecular complexity index is 621. The Morgan fingerprint density at radius 3 is 2.79 bits per heavy atom. The summed E-state index contributed by atoms with van der Waals surface area (Å²) in [7, 11) is 1.49. The first-order chi connectivity index (χ1) is 9.11. The second-order valence-electron chi connectivity index (χ2n) is 3.66. The van der Waals surface area contributed by atoms with Crippen LogP contribution in [-0.2, 0) is 0 Å². The minimum atomic E-state index is -1.04. The zero-order chi connectivity index (χ0) is 13.8. The third-order valence-corrected chi connectivity index (χ3v) is 3.32. The number of hydrogen-bond acceptors (Lipinski definition) is 4. The van der Waals surface area contributed by atoms with Gasteiger partial charge in [-0.2, -0.15) is 0 Å². The van der Waals surface area contributed by atoms with Crippen LogP contribution in [0.3, 0.4) is 0 Å². The molecule has 1 aromatic carbocycles. The summed E-state index contributed by atoms with van der Waals surface area (Å²) < 4.78 is 5.06. The van der Waals surface area contributed by atoms with Gasteiger partial charge in [0.1, 0.15) is 10.6 Å². The van der Waals surface area contributed by atoms with Crippen molar-refractivity contribution in [3.8, 4) is 5.75 Å². The van der Waals surface area contributed by atoms with E-state index in [-0.39, 0.29) is 11.5 Å². The van der Waals surface area contributed by atoms with Gasteiger partial charge in [0.15, 0.2) is 0 Å². The van der Waals surface area contributed by atoms with Gasteiger partial charge in [-0.15, -0.1) is 11.3 Å². The first-order valence-corrected chi connectivity index (χ1v) is 6.26. The van der Waals surface area contributed by atoms with Crippen molar-refractivity contribution in [3.63, 3.8) is 0 Å². The molecular formula is C13H11NO4S. The van der Waals surface area contributed by atoms with E-state index in [0.29, 0.717) is 16.3 Å². The topological polar surface area (TPSA) is 75.6 Å². The van der Waals surface area contributed by atoms with E-state index in [4.69, 9.17) is 9.84 Å². The van der Waals surface area contributed by atoms with Crippen molar-refractivity contribution in [1.29, 1.82) is 0 Å². The molecule has 0 saturated heterocycles. The summed E-state index contributed by atoms with van der Waals surface area (Å²) in [5.74, 6) is -0.865. The number of hydrogen-bond donors (Lipinski definition) is 2. The molecule has 1 amide bonds. The molecule has 0 bridgehead atoms. The average Bonchev–Trinajstić information content (AvgIpc) is 2.87. The van der Waals surface area contributed by atoms with Gasteiger partial charge < -0.3 is 15.2 Å². The van der Waals surface area contributed by atoms with Gasteiger partial charge in [-0.05, 0) is 29.6 Å². The lowest BCUT2D eigenvalue weighted by molar-refractivity contribution is 0.0696. The molecule has 6 heteroatoms. The molecule has 0 aliphatic rings. The minimum absolute atomic E-state index is 0.121. The Morgan fingerprint density at radius 2 is 2.11 bits per heavy atom. The van der Waals surface area contributed by atoms with Crippen LogP contribution in [0.25, 0.3) is 0 Å². The number of rotatable bonds is 4. The SMILES string of the molecule is COc1ccsc1C(=O)Nc1cccc(C(=O)O)c1. The van der Waals surface area contributed by atoms with Crippen molar-refractivity contribution in [2.45, 2.75) is 0 Å². The van der Waals surface area contributed by atoms with Crippen LogP contribution in [0, 0.1) is 0 Å². The number of nitrogens with one attached hydrogen (secondary N) is 1. The normalized spacial score (nSPS) is 9.95. The van der Waals surface area contributed by atoms with Gasteiger partial charge in [0.25, 0.3) is 5.91 Å². The average molecular weight is 277 g/mol. The van der Waals surface area contributed by atoms with Crippen LogP contribution in [0.2, 0.25) is 0 Å². The summed E-state index contributed by atoms with van der Waals surface area (Å²) >= 11 is 1.26. The van der Waals surface area contributed by atoms with Crippen LogP contribution < -0.4 is 10.1 Å². The van der Waals surface area contributed by atoms with Crippen molar-refractivity contribution < 1.29 is 19.4 Å². The van der Waals surface area contributed by atoms with Crippen LogP contribution in [0.15, 0.2) is 35.7 Å². The minimum Gasteiger partial charge on any atom is -0.495 e. The fourth-order valence-corrected chi connectivity index (χ4v) is 2.29. The lowest BCUT2D eigenvalue weighted by Crippen LogP contribution is -2.11. The third kappa shape index (κ3) is 2.92. The first-order valence-electron chi connectivity index (χ1n) is 5.38. The summed E-state index contributed by atoms with van der Waals surface area (Å²) in [4.78, 5) is 23.3. The number of carboxylic acids is 1. The Labute approximate surface area is 113 Å². The molecule has 0 atom stereocenters. The fraction of sp³-hybridized carbons (Fsp3) is 0.0769. The van der Waals surface area contributed by atoms with Gasteiger partial charge >= 0.3 is 5.97 Å². The van der Waals surface area contributed by atoms with Crippen molar-refractivity contribution in [1.82, 2.24) is 0 Å². The number of benzene rings is 1. The van der Waals surface area contributed by atoms with E-state index in [1.54, 1.807) is 23.6 Å². The number of carbonyl (C=O) groups is 2. The van der Waals surface area contributed by atoms with Crippen LogP contribution in [0.5, 0.6) is 5.75 Å². The van der Waals surface area contributed by atoms with E-state index in [9.17, 15) is 9.59 Å². The summed E-state index contributed by atoms with van der Waals surface area (Å²) in [6.07, 6.45) is 0. The van der Waals surface area contributed by atoms with Crippen LogP contribution in [-0.4, -0.2) is 24.1 Å². The third-order valence-electron chi connectivity index (χ3n) is 2.42. The molecule has 0 aliphatic heterocycles. The molecule has 2 rings (SSSR count). The highest BCUT2D eigenvalue weighted by Gasteiger charge is 2.14. The largest absolute Gasteiger partial charge is 0.495 e. The van der Waals surface area contributed by atoms with Gasteiger partial charge in [-0.3, -0.25) is 4.79 Å². The number of thiophene rings is 1. The van der Waals surface area contributed by atoms with E-state index in [2.05, 4.69) is 5.32 Å². The zero-order valence-electron chi connectivity index (χ0n) is 10.0. The molecule has 1 aromatic heterocycles. The summed E-state index contributed by atoms with van der Waals surface area (Å²) in [5, 5.41) is 13.3. The van der Waals surface area contributed by atoms with E-state index in [1.807, 2.05) is 0 Å². The van der Waals surface area contributed by atoms with E-state index >= 15 is 0 Å². The predicted octanol–water partition coefficient (Wildman–Crippen LogP) is 2.71. The molecule has 19 heavy (non-hydrogen) atoms.